The van der Waals surface area contributed by atoms with Gasteiger partial charge in [-0.1, -0.05) is 220 Å². The first-order valence-electron chi connectivity index (χ1n) is 45.3. The first-order valence-corrected chi connectivity index (χ1v) is 45.3. The van der Waals surface area contributed by atoms with Gasteiger partial charge in [-0.3, -0.25) is 0 Å². The molecule has 0 fully saturated rings. The van der Waals surface area contributed by atoms with E-state index in [4.69, 9.17) is 0 Å². The second-order valence-electron chi connectivity index (χ2n) is 38.8. The van der Waals surface area contributed by atoms with Crippen LogP contribution in [-0.4, -0.2) is 0 Å². The molecule has 0 atom stereocenters. The molecule has 0 nitrogen and oxygen atoms in total. The highest BCUT2D eigenvalue weighted by atomic mass is 14.2. The zero-order valence-corrected chi connectivity index (χ0v) is 78.6. The Morgan fingerprint density at radius 2 is 0.258 bits per heavy atom. The molecular formula is C124H126. The van der Waals surface area contributed by atoms with Crippen LogP contribution in [0.5, 0.6) is 0 Å². The van der Waals surface area contributed by atoms with Gasteiger partial charge in [-0.05, 0) is 526 Å². The van der Waals surface area contributed by atoms with Crippen LogP contribution in [0.25, 0.3) is 129 Å². The Bertz CT molecular complexity index is 6760. The number of hydrogen-bond acceptors (Lipinski definition) is 0. The first-order chi connectivity index (χ1) is 59.1. The Morgan fingerprint density at radius 3 is 0.435 bits per heavy atom. The minimum atomic E-state index is 1.11. The Labute approximate surface area is 740 Å². The van der Waals surface area contributed by atoms with Gasteiger partial charge in [0.15, 0.2) is 0 Å². The second-order valence-corrected chi connectivity index (χ2v) is 38.8. The van der Waals surface area contributed by atoms with E-state index in [0.717, 1.165) is 44.9 Å². The molecule has 622 valence electrons. The van der Waals surface area contributed by atoms with Gasteiger partial charge in [0.25, 0.3) is 0 Å². The zero-order chi connectivity index (χ0) is 87.7. The minimum Gasteiger partial charge on any atom is -0.0690 e. The summed E-state index contributed by atoms with van der Waals surface area (Å²) in [6.07, 6.45) is 27.5. The third-order valence-corrected chi connectivity index (χ3v) is 27.7. The largest absolute Gasteiger partial charge is 0.0690 e. The average molecular weight is 1620 g/mol. The molecule has 0 heterocycles. The van der Waals surface area contributed by atoms with E-state index < -0.39 is 0 Å². The van der Waals surface area contributed by atoms with Gasteiger partial charge in [0.05, 0.1) is 0 Å². The molecular weight excluding hydrogens is 1490 g/mol. The topological polar surface area (TPSA) is 0 Å². The van der Waals surface area contributed by atoms with Crippen molar-refractivity contribution in [1.82, 2.24) is 0 Å². The predicted molar refractivity (Wildman–Crippen MR) is 550 cm³/mol. The van der Waals surface area contributed by atoms with Crippen LogP contribution < -0.4 is 0 Å². The van der Waals surface area contributed by atoms with Gasteiger partial charge in [-0.15, -0.1) is 0 Å². The highest BCUT2D eigenvalue weighted by molar-refractivity contribution is 6.03. The van der Waals surface area contributed by atoms with E-state index in [2.05, 4.69) is 397 Å². The van der Waals surface area contributed by atoms with Crippen molar-refractivity contribution < 1.29 is 0 Å². The lowest BCUT2D eigenvalue weighted by Gasteiger charge is -2.08. The Balaban J connectivity index is 0.000000106. The average Bonchev–Trinajstić information content (AvgIpc) is 1.26. The van der Waals surface area contributed by atoms with Gasteiger partial charge in [0.1, 0.15) is 0 Å². The number of allylic oxidation sites excluding steroid dienone is 11. The predicted octanol–water partition coefficient (Wildman–Crippen LogP) is 34.7. The van der Waals surface area contributed by atoms with Crippen molar-refractivity contribution in [3.8, 4) is 0 Å². The maximum atomic E-state index is 2.37. The molecule has 15 aromatic rings. The van der Waals surface area contributed by atoms with Crippen molar-refractivity contribution in [2.45, 2.75) is 218 Å². The highest BCUT2D eigenvalue weighted by Gasteiger charge is 2.19. The molecule has 8 aliphatic carbocycles. The fourth-order valence-corrected chi connectivity index (χ4v) is 19.7. The van der Waals surface area contributed by atoms with Crippen LogP contribution in [0.1, 0.15) is 231 Å². The smallest absolute Gasteiger partial charge is 0.00604 e. The summed E-state index contributed by atoms with van der Waals surface area (Å²) in [7, 11) is 0. The molecule has 0 bridgehead atoms. The summed E-state index contributed by atoms with van der Waals surface area (Å²) in [4.78, 5) is 0. The van der Waals surface area contributed by atoms with Gasteiger partial charge in [0, 0.05) is 0 Å². The number of aryl methyl sites for hydroxylation is 14. The van der Waals surface area contributed by atoms with Gasteiger partial charge >= 0.3 is 0 Å². The fourth-order valence-electron chi connectivity index (χ4n) is 19.7. The number of fused-ring (bicyclic) bond motifs is 15. The highest BCUT2D eigenvalue weighted by Crippen LogP contribution is 2.40. The van der Waals surface area contributed by atoms with Crippen molar-refractivity contribution in [1.29, 1.82) is 0 Å². The molecule has 0 heteroatoms. The van der Waals surface area contributed by atoms with Crippen LogP contribution in [0.15, 0.2) is 244 Å². The van der Waals surface area contributed by atoms with Crippen LogP contribution in [0.2, 0.25) is 0 Å². The van der Waals surface area contributed by atoms with Crippen molar-refractivity contribution >= 4 is 129 Å². The Hall–Kier alpha value is -12.0. The summed E-state index contributed by atoms with van der Waals surface area (Å²) in [6.45, 7) is 52.6. The van der Waals surface area contributed by atoms with Gasteiger partial charge in [-0.2, -0.15) is 0 Å². The van der Waals surface area contributed by atoms with Gasteiger partial charge in [-0.25, -0.2) is 0 Å². The molecule has 23 rings (SSSR count). The maximum absolute atomic E-state index is 2.37. The van der Waals surface area contributed by atoms with Gasteiger partial charge in [0.2, 0.25) is 0 Å². The summed E-state index contributed by atoms with van der Waals surface area (Å²) in [5.74, 6) is 0. The Kier molecular flexibility index (Phi) is 24.2. The van der Waals surface area contributed by atoms with Crippen LogP contribution in [-0.2, 0) is 44.9 Å². The second kappa shape index (κ2) is 35.0. The standard InChI is InChI=1S/3C20H18.2C16H16.2C12H14.C8H12/c3*1-12-4-15-8-19-10-17-6-13(2)14(3)7-18(17)11-20(19)9-16(15)5-12;2*1-10-4-13-8-15-6-11(2)12(3)7-16(15)9-14(13)5-10;2*1-8-4-11-6-9(2)10(3)7-12(11)5-8;1-6-4-7(2)8(3)5-6/h3*4,6-11H,5H2,1-3H3;2*4,6-9H,5H2,1-3H3;2*4,6-7H,5H2,1-3H3;4H,5H2,1-3H3. The summed E-state index contributed by atoms with van der Waals surface area (Å²) in [5.41, 5.74) is 54.4. The summed E-state index contributed by atoms with van der Waals surface area (Å²) in [6, 6.07) is 69.8. The third-order valence-electron chi connectivity index (χ3n) is 27.7. The number of hydrogen-bond donors (Lipinski definition) is 0. The fraction of sp³-hybridized carbons (Fsp3) is 0.258. The number of benzene rings is 15. The molecule has 0 aliphatic heterocycles. The normalized spacial score (nSPS) is 14.4. The molecule has 0 saturated heterocycles. The molecule has 0 aromatic heterocycles. The Morgan fingerprint density at radius 1 is 0.121 bits per heavy atom. The van der Waals surface area contributed by atoms with Gasteiger partial charge < -0.3 is 0 Å². The quantitative estimate of drug-likeness (QED) is 0.133. The molecule has 0 amide bonds. The maximum Gasteiger partial charge on any atom is -0.00604 e. The molecule has 8 aliphatic rings. The van der Waals surface area contributed by atoms with E-state index in [0.29, 0.717) is 0 Å². The molecule has 0 radical (unpaired) electrons. The lowest BCUT2D eigenvalue weighted by atomic mass is 9.96. The van der Waals surface area contributed by atoms with E-state index in [1.54, 1.807) is 0 Å². The van der Waals surface area contributed by atoms with Crippen LogP contribution in [0, 0.1) is 96.9 Å². The SMILES string of the molecule is CC1=CC(C)=C(C)C1.CC1=Cc2cc(C)c(C)cc2C1.CC1=Cc2cc(C)c(C)cc2C1.CC1=Cc2cc3cc(C)c(C)cc3cc2C1.CC1=Cc2cc3cc(C)c(C)cc3cc2C1.CC1=Cc2cc3cc4cc(C)c(C)cc4cc3cc2C1.CC1=Cc2cc3cc4cc(C)c(C)cc4cc3cc2C1.CC1=Cc2cc3cc4cc(C)c(C)cc4cc3cc2C1. The lowest BCUT2D eigenvalue weighted by Crippen LogP contribution is -1.87. The molecule has 124 heavy (non-hydrogen) atoms. The minimum absolute atomic E-state index is 1.11. The lowest BCUT2D eigenvalue weighted by molar-refractivity contribution is 1.14. The van der Waals surface area contributed by atoms with Crippen molar-refractivity contribution in [3.05, 3.63) is 400 Å². The first kappa shape index (κ1) is 85.6. The van der Waals surface area contributed by atoms with E-state index in [1.807, 2.05) is 0 Å². The monoisotopic (exact) mass is 1610 g/mol. The third kappa shape index (κ3) is 18.8. The summed E-state index contributed by atoms with van der Waals surface area (Å²) in [5, 5.41) is 21.7. The van der Waals surface area contributed by atoms with E-state index in [9.17, 15) is 0 Å². The zero-order valence-electron chi connectivity index (χ0n) is 78.6. The van der Waals surface area contributed by atoms with Crippen LogP contribution >= 0.6 is 0 Å². The van der Waals surface area contributed by atoms with Crippen molar-refractivity contribution in [3.63, 3.8) is 0 Å². The van der Waals surface area contributed by atoms with Crippen LogP contribution in [0.4, 0.5) is 0 Å². The molecule has 0 N–H and O–H groups in total. The van der Waals surface area contributed by atoms with Crippen molar-refractivity contribution in [2.24, 2.45) is 0 Å². The summed E-state index contributed by atoms with van der Waals surface area (Å²) < 4.78 is 0. The summed E-state index contributed by atoms with van der Waals surface area (Å²) >= 11 is 0. The molecule has 0 saturated carbocycles. The van der Waals surface area contributed by atoms with E-state index in [1.165, 1.54) is 304 Å². The molecule has 15 aromatic carbocycles. The van der Waals surface area contributed by atoms with Crippen LogP contribution in [0.3, 0.4) is 0 Å². The van der Waals surface area contributed by atoms with E-state index in [-0.39, 0.29) is 0 Å². The number of rotatable bonds is 0. The van der Waals surface area contributed by atoms with E-state index >= 15 is 0 Å². The molecule has 0 unspecified atom stereocenters. The molecule has 0 spiro atoms. The van der Waals surface area contributed by atoms with Crippen molar-refractivity contribution in [2.75, 3.05) is 0 Å².